The van der Waals surface area contributed by atoms with Crippen LogP contribution in [0.3, 0.4) is 0 Å². The topological polar surface area (TPSA) is 29.3 Å². The molecule has 2 N–H and O–H groups in total. The summed E-state index contributed by atoms with van der Waals surface area (Å²) in [5.74, 6) is 0. The highest BCUT2D eigenvalue weighted by atomic mass is 32.1. The number of hydrogen-bond donors (Lipinski definition) is 1. The number of hydrogen-bond acceptors (Lipinski definition) is 2. The highest BCUT2D eigenvalue weighted by Gasteiger charge is 2.32. The summed E-state index contributed by atoms with van der Waals surface area (Å²) in [6.45, 7) is 4.22. The zero-order valence-electron chi connectivity index (χ0n) is 8.05. The Balaban J connectivity index is 2.42. The number of nitrogens with zero attached hydrogens (tertiary/aromatic N) is 1. The largest absolute Gasteiger partial charge is 0.393 e. The van der Waals surface area contributed by atoms with Gasteiger partial charge in [-0.1, -0.05) is 19.1 Å². The first kappa shape index (κ1) is 10.9. The number of piperidine rings is 1. The molecule has 0 spiro atoms. The summed E-state index contributed by atoms with van der Waals surface area (Å²) in [7, 11) is 0. The van der Waals surface area contributed by atoms with Gasteiger partial charge in [-0.15, -0.1) is 0 Å². The van der Waals surface area contributed by atoms with Crippen molar-refractivity contribution in [2.45, 2.75) is 19.8 Å². The minimum Gasteiger partial charge on any atom is -0.393 e. The van der Waals surface area contributed by atoms with Gasteiger partial charge in [-0.05, 0) is 25.9 Å². The molecule has 76 valence electrons. The lowest BCUT2D eigenvalue weighted by atomic mass is 9.80. The van der Waals surface area contributed by atoms with E-state index >= 15 is 0 Å². The molecule has 1 saturated heterocycles. The van der Waals surface area contributed by atoms with Crippen LogP contribution >= 0.6 is 12.2 Å². The lowest BCUT2D eigenvalue weighted by molar-refractivity contribution is 0.155. The van der Waals surface area contributed by atoms with Crippen LogP contribution in [0.5, 0.6) is 0 Å². The number of halogens is 1. The molecule has 0 aromatic carbocycles. The monoisotopic (exact) mass is 204 g/mol. The van der Waals surface area contributed by atoms with E-state index in [0.717, 1.165) is 25.9 Å². The molecule has 0 saturated carbocycles. The molecular formula is C9H17FN2S. The third-order valence-electron chi connectivity index (χ3n) is 2.96. The fourth-order valence-corrected chi connectivity index (χ4v) is 1.84. The molecule has 1 heterocycles. The van der Waals surface area contributed by atoms with Crippen LogP contribution in [0.25, 0.3) is 0 Å². The zero-order valence-corrected chi connectivity index (χ0v) is 8.87. The molecular weight excluding hydrogens is 187 g/mol. The SMILES string of the molecule is CC1(C(N)=S)CCN(CCF)CC1. The lowest BCUT2D eigenvalue weighted by Crippen LogP contribution is -2.45. The Morgan fingerprint density at radius 1 is 1.54 bits per heavy atom. The van der Waals surface area contributed by atoms with E-state index in [0.29, 0.717) is 11.5 Å². The van der Waals surface area contributed by atoms with Crippen molar-refractivity contribution in [2.75, 3.05) is 26.3 Å². The smallest absolute Gasteiger partial charge is 0.102 e. The summed E-state index contributed by atoms with van der Waals surface area (Å²) < 4.78 is 12.0. The standard InChI is InChI=1S/C9H17FN2S/c1-9(8(11)13)2-5-12(6-3-9)7-4-10/h2-7H2,1H3,(H2,11,13). The summed E-state index contributed by atoms with van der Waals surface area (Å²) in [5.41, 5.74) is 5.66. The van der Waals surface area contributed by atoms with Crippen LogP contribution in [0.2, 0.25) is 0 Å². The first-order chi connectivity index (χ1) is 6.08. The maximum absolute atomic E-state index is 12.0. The highest BCUT2D eigenvalue weighted by molar-refractivity contribution is 7.80. The molecule has 1 aliphatic rings. The quantitative estimate of drug-likeness (QED) is 0.704. The van der Waals surface area contributed by atoms with E-state index in [1.807, 2.05) is 0 Å². The van der Waals surface area contributed by atoms with Gasteiger partial charge in [0.25, 0.3) is 0 Å². The molecule has 0 amide bonds. The second-order valence-corrected chi connectivity index (χ2v) is 4.40. The highest BCUT2D eigenvalue weighted by Crippen LogP contribution is 2.30. The fraction of sp³-hybridized carbons (Fsp3) is 0.889. The predicted molar refractivity (Wildman–Crippen MR) is 56.5 cm³/mol. The number of alkyl halides is 1. The van der Waals surface area contributed by atoms with Crippen LogP contribution in [0.15, 0.2) is 0 Å². The minimum absolute atomic E-state index is 0.00213. The molecule has 0 radical (unpaired) electrons. The van der Waals surface area contributed by atoms with Gasteiger partial charge in [0, 0.05) is 12.0 Å². The van der Waals surface area contributed by atoms with Gasteiger partial charge in [-0.3, -0.25) is 0 Å². The normalized spacial score (nSPS) is 22.9. The van der Waals surface area contributed by atoms with Gasteiger partial charge < -0.3 is 10.6 Å². The Hall–Kier alpha value is -0.220. The average Bonchev–Trinajstić information content (AvgIpc) is 2.09. The average molecular weight is 204 g/mol. The molecule has 0 aromatic rings. The molecule has 13 heavy (non-hydrogen) atoms. The Morgan fingerprint density at radius 3 is 2.46 bits per heavy atom. The number of thiocarbonyl (C=S) groups is 1. The summed E-state index contributed by atoms with van der Waals surface area (Å²) in [6.07, 6.45) is 1.92. The predicted octanol–water partition coefficient (Wildman–Crippen LogP) is 1.34. The van der Waals surface area contributed by atoms with Crippen molar-refractivity contribution in [3.63, 3.8) is 0 Å². The molecule has 1 fully saturated rings. The first-order valence-corrected chi connectivity index (χ1v) is 5.07. The first-order valence-electron chi connectivity index (χ1n) is 4.67. The summed E-state index contributed by atoms with van der Waals surface area (Å²) in [5, 5.41) is 0. The van der Waals surface area contributed by atoms with Crippen LogP contribution < -0.4 is 5.73 Å². The van der Waals surface area contributed by atoms with Crippen molar-refractivity contribution in [3.05, 3.63) is 0 Å². The van der Waals surface area contributed by atoms with Crippen molar-refractivity contribution in [3.8, 4) is 0 Å². The maximum Gasteiger partial charge on any atom is 0.102 e. The van der Waals surface area contributed by atoms with Crippen molar-refractivity contribution < 1.29 is 4.39 Å². The number of rotatable bonds is 3. The molecule has 0 bridgehead atoms. The van der Waals surface area contributed by atoms with E-state index < -0.39 is 0 Å². The van der Waals surface area contributed by atoms with Gasteiger partial charge in [0.1, 0.15) is 6.67 Å². The van der Waals surface area contributed by atoms with Gasteiger partial charge in [0.05, 0.1) is 4.99 Å². The third kappa shape index (κ3) is 2.61. The van der Waals surface area contributed by atoms with Crippen molar-refractivity contribution in [1.82, 2.24) is 4.90 Å². The van der Waals surface area contributed by atoms with E-state index in [2.05, 4.69) is 11.8 Å². The molecule has 0 aromatic heterocycles. The van der Waals surface area contributed by atoms with Gasteiger partial charge in [-0.25, -0.2) is 4.39 Å². The minimum atomic E-state index is -0.260. The summed E-state index contributed by atoms with van der Waals surface area (Å²) in [6, 6.07) is 0. The van der Waals surface area contributed by atoms with Crippen LogP contribution in [-0.2, 0) is 0 Å². The van der Waals surface area contributed by atoms with Gasteiger partial charge >= 0.3 is 0 Å². The summed E-state index contributed by atoms with van der Waals surface area (Å²) in [4.78, 5) is 2.73. The van der Waals surface area contributed by atoms with Crippen molar-refractivity contribution in [2.24, 2.45) is 11.1 Å². The van der Waals surface area contributed by atoms with E-state index in [1.165, 1.54) is 0 Å². The third-order valence-corrected chi connectivity index (χ3v) is 3.45. The van der Waals surface area contributed by atoms with E-state index in [1.54, 1.807) is 0 Å². The van der Waals surface area contributed by atoms with Crippen LogP contribution in [-0.4, -0.2) is 36.2 Å². The van der Waals surface area contributed by atoms with Crippen LogP contribution in [0, 0.1) is 5.41 Å². The van der Waals surface area contributed by atoms with E-state index in [-0.39, 0.29) is 12.1 Å². The van der Waals surface area contributed by atoms with Crippen LogP contribution in [0.4, 0.5) is 4.39 Å². The second kappa shape index (κ2) is 4.33. The molecule has 0 unspecified atom stereocenters. The van der Waals surface area contributed by atoms with Crippen molar-refractivity contribution in [1.29, 1.82) is 0 Å². The van der Waals surface area contributed by atoms with Gasteiger partial charge in [-0.2, -0.15) is 0 Å². The molecule has 1 aliphatic heterocycles. The van der Waals surface area contributed by atoms with Gasteiger partial charge in [0.15, 0.2) is 0 Å². The maximum atomic E-state index is 12.0. The van der Waals surface area contributed by atoms with Crippen molar-refractivity contribution >= 4 is 17.2 Å². The Bertz CT molecular complexity index is 188. The molecule has 0 atom stereocenters. The fourth-order valence-electron chi connectivity index (χ4n) is 1.64. The zero-order chi connectivity index (χ0) is 9.90. The molecule has 0 aliphatic carbocycles. The summed E-state index contributed by atoms with van der Waals surface area (Å²) >= 11 is 5.02. The molecule has 4 heteroatoms. The van der Waals surface area contributed by atoms with Gasteiger partial charge in [0.2, 0.25) is 0 Å². The molecule has 2 nitrogen and oxygen atoms in total. The van der Waals surface area contributed by atoms with E-state index in [4.69, 9.17) is 18.0 Å². The molecule has 1 rings (SSSR count). The second-order valence-electron chi connectivity index (χ2n) is 3.96. The number of likely N-dealkylation sites (tertiary alicyclic amines) is 1. The Morgan fingerprint density at radius 2 is 2.08 bits per heavy atom. The van der Waals surface area contributed by atoms with E-state index in [9.17, 15) is 4.39 Å². The Labute approximate surface area is 84.3 Å². The number of nitrogens with two attached hydrogens (primary N) is 1. The Kier molecular flexibility index (Phi) is 3.62. The lowest BCUT2D eigenvalue weighted by Gasteiger charge is -2.38. The van der Waals surface area contributed by atoms with Crippen LogP contribution in [0.1, 0.15) is 19.8 Å².